The van der Waals surface area contributed by atoms with Crippen molar-refractivity contribution in [2.24, 2.45) is 5.14 Å². The molecule has 0 aliphatic heterocycles. The van der Waals surface area contributed by atoms with Gasteiger partial charge in [-0.05, 0) is 72.6 Å². The highest BCUT2D eigenvalue weighted by Gasteiger charge is 2.12. The number of nitrogens with one attached hydrogen (secondary N) is 1. The fourth-order valence-corrected chi connectivity index (χ4v) is 4.34. The molecule has 3 N–H and O–H groups in total. The Hall–Kier alpha value is -0.930. The van der Waals surface area contributed by atoms with Crippen LogP contribution in [0.4, 0.5) is 0 Å². The number of hydrogen-bond donors (Lipinski definition) is 2. The normalized spacial score (nSPS) is 11.8. The van der Waals surface area contributed by atoms with Gasteiger partial charge in [-0.15, -0.1) is 0 Å². The molecule has 0 aromatic heterocycles. The fourth-order valence-electron chi connectivity index (χ4n) is 2.41. The second kappa shape index (κ2) is 9.32. The van der Waals surface area contributed by atoms with Gasteiger partial charge in [-0.2, -0.15) is 0 Å². The van der Waals surface area contributed by atoms with E-state index in [9.17, 15) is 8.42 Å². The lowest BCUT2D eigenvalue weighted by atomic mass is 10.1. The molecule has 2 rings (SSSR count). The van der Waals surface area contributed by atoms with Gasteiger partial charge in [0, 0.05) is 16.6 Å². The molecule has 0 bridgehead atoms. The Morgan fingerprint density at radius 2 is 1.81 bits per heavy atom. The number of sulfonamides is 1. The highest BCUT2D eigenvalue weighted by Crippen LogP contribution is 2.33. The maximum absolute atomic E-state index is 11.3. The molecule has 142 valence electrons. The van der Waals surface area contributed by atoms with Crippen LogP contribution in [0, 0.1) is 0 Å². The van der Waals surface area contributed by atoms with Gasteiger partial charge in [-0.1, -0.05) is 28.1 Å². The topological polar surface area (TPSA) is 81.4 Å². The van der Waals surface area contributed by atoms with E-state index >= 15 is 0 Å². The number of ether oxygens (including phenoxy) is 1. The van der Waals surface area contributed by atoms with Crippen LogP contribution in [-0.4, -0.2) is 21.1 Å². The minimum atomic E-state index is -3.64. The van der Waals surface area contributed by atoms with E-state index in [1.54, 1.807) is 12.1 Å². The second-order valence-corrected chi connectivity index (χ2v) is 9.49. The third-order valence-electron chi connectivity index (χ3n) is 3.60. The number of hydrogen-bond acceptors (Lipinski definition) is 4. The van der Waals surface area contributed by atoms with Crippen LogP contribution < -0.4 is 15.2 Å². The Kier molecular flexibility index (Phi) is 7.66. The zero-order valence-corrected chi connectivity index (χ0v) is 18.6. The van der Waals surface area contributed by atoms with E-state index in [-0.39, 0.29) is 11.0 Å². The molecular weight excluding hydrogens is 484 g/mol. The zero-order valence-electron chi connectivity index (χ0n) is 14.6. The molecule has 2 aromatic rings. The van der Waals surface area contributed by atoms with Crippen molar-refractivity contribution in [3.8, 4) is 5.75 Å². The standard InChI is InChI=1S/C18H22Br2N2O3S/c1-12(2)25-18-14(9-15(19)10-17(18)20)11-22-8-7-13-3-5-16(6-4-13)26(21,23)24/h3-6,9-10,12,22H,7-8,11H2,1-2H3,(H2,21,23,24). The zero-order chi connectivity index (χ0) is 19.3. The van der Waals surface area contributed by atoms with Crippen molar-refractivity contribution in [3.05, 3.63) is 56.5 Å². The monoisotopic (exact) mass is 504 g/mol. The summed E-state index contributed by atoms with van der Waals surface area (Å²) >= 11 is 7.06. The van der Waals surface area contributed by atoms with Gasteiger partial charge in [0.25, 0.3) is 0 Å². The van der Waals surface area contributed by atoms with Crippen LogP contribution in [0.1, 0.15) is 25.0 Å². The van der Waals surface area contributed by atoms with Crippen LogP contribution in [0.2, 0.25) is 0 Å². The Morgan fingerprint density at radius 1 is 1.15 bits per heavy atom. The molecule has 0 spiro atoms. The molecular formula is C18H22Br2N2O3S. The first-order valence-corrected chi connectivity index (χ1v) is 11.3. The molecule has 5 nitrogen and oxygen atoms in total. The van der Waals surface area contributed by atoms with Crippen LogP contribution >= 0.6 is 31.9 Å². The molecule has 2 aromatic carbocycles. The molecule has 0 amide bonds. The summed E-state index contributed by atoms with van der Waals surface area (Å²) in [4.78, 5) is 0.128. The highest BCUT2D eigenvalue weighted by atomic mass is 79.9. The average Bonchev–Trinajstić information content (AvgIpc) is 2.54. The average molecular weight is 506 g/mol. The summed E-state index contributed by atoms with van der Waals surface area (Å²) in [6.07, 6.45) is 0.865. The Morgan fingerprint density at radius 3 is 2.38 bits per heavy atom. The molecule has 0 heterocycles. The highest BCUT2D eigenvalue weighted by molar-refractivity contribution is 9.11. The van der Waals surface area contributed by atoms with E-state index in [4.69, 9.17) is 9.88 Å². The first kappa shape index (κ1) is 21.4. The van der Waals surface area contributed by atoms with Crippen molar-refractivity contribution < 1.29 is 13.2 Å². The van der Waals surface area contributed by atoms with Crippen LogP contribution in [0.25, 0.3) is 0 Å². The number of nitrogens with two attached hydrogens (primary N) is 1. The number of rotatable bonds is 8. The van der Waals surface area contributed by atoms with Gasteiger partial charge in [-0.3, -0.25) is 0 Å². The predicted molar refractivity (Wildman–Crippen MR) is 111 cm³/mol. The van der Waals surface area contributed by atoms with Crippen molar-refractivity contribution in [3.63, 3.8) is 0 Å². The summed E-state index contributed by atoms with van der Waals surface area (Å²) in [5.74, 6) is 0.841. The van der Waals surface area contributed by atoms with E-state index in [1.165, 1.54) is 12.1 Å². The fraction of sp³-hybridized carbons (Fsp3) is 0.333. The summed E-state index contributed by atoms with van der Waals surface area (Å²) < 4.78 is 30.4. The molecule has 0 fully saturated rings. The molecule has 0 radical (unpaired) electrons. The molecule has 26 heavy (non-hydrogen) atoms. The third-order valence-corrected chi connectivity index (χ3v) is 5.57. The summed E-state index contributed by atoms with van der Waals surface area (Å²) in [5, 5.41) is 8.50. The SMILES string of the molecule is CC(C)Oc1c(Br)cc(Br)cc1CNCCc1ccc(S(N)(=O)=O)cc1. The van der Waals surface area contributed by atoms with E-state index < -0.39 is 10.0 Å². The van der Waals surface area contributed by atoms with E-state index in [1.807, 2.05) is 26.0 Å². The van der Waals surface area contributed by atoms with Gasteiger partial charge < -0.3 is 10.1 Å². The maximum atomic E-state index is 11.3. The predicted octanol–water partition coefficient (Wildman–Crippen LogP) is 3.98. The Bertz CT molecular complexity index is 853. The van der Waals surface area contributed by atoms with Gasteiger partial charge >= 0.3 is 0 Å². The minimum absolute atomic E-state index is 0.0866. The van der Waals surface area contributed by atoms with Gasteiger partial charge in [-0.25, -0.2) is 13.6 Å². The lowest BCUT2D eigenvalue weighted by Gasteiger charge is -2.17. The van der Waals surface area contributed by atoms with Gasteiger partial charge in [0.05, 0.1) is 15.5 Å². The summed E-state index contributed by atoms with van der Waals surface area (Å²) in [6, 6.07) is 10.6. The Labute approximate surface area is 171 Å². The van der Waals surface area contributed by atoms with Crippen LogP contribution in [0.3, 0.4) is 0 Å². The molecule has 8 heteroatoms. The lowest BCUT2D eigenvalue weighted by Crippen LogP contribution is -2.18. The summed E-state index contributed by atoms with van der Waals surface area (Å²) in [5.41, 5.74) is 2.10. The van der Waals surface area contributed by atoms with Crippen molar-refractivity contribution in [1.82, 2.24) is 5.32 Å². The lowest BCUT2D eigenvalue weighted by molar-refractivity contribution is 0.238. The largest absolute Gasteiger partial charge is 0.489 e. The van der Waals surface area contributed by atoms with E-state index in [0.29, 0.717) is 6.54 Å². The van der Waals surface area contributed by atoms with Crippen molar-refractivity contribution in [2.45, 2.75) is 37.8 Å². The molecule has 0 aliphatic rings. The third kappa shape index (κ3) is 6.35. The van der Waals surface area contributed by atoms with E-state index in [0.717, 1.165) is 38.8 Å². The second-order valence-electron chi connectivity index (χ2n) is 6.16. The number of primary sulfonamides is 1. The van der Waals surface area contributed by atoms with Crippen LogP contribution in [-0.2, 0) is 23.0 Å². The quantitative estimate of drug-likeness (QED) is 0.531. The Balaban J connectivity index is 1.96. The van der Waals surface area contributed by atoms with Gasteiger partial charge in [0.15, 0.2) is 0 Å². The van der Waals surface area contributed by atoms with Gasteiger partial charge in [0.2, 0.25) is 10.0 Å². The molecule has 0 unspecified atom stereocenters. The molecule has 0 atom stereocenters. The van der Waals surface area contributed by atoms with Gasteiger partial charge in [0.1, 0.15) is 5.75 Å². The van der Waals surface area contributed by atoms with E-state index in [2.05, 4.69) is 37.2 Å². The molecule has 0 saturated heterocycles. The van der Waals surface area contributed by atoms with Crippen LogP contribution in [0.15, 0.2) is 50.2 Å². The molecule has 0 aliphatic carbocycles. The number of halogens is 2. The molecule has 0 saturated carbocycles. The first-order chi connectivity index (χ1) is 12.2. The minimum Gasteiger partial charge on any atom is -0.489 e. The van der Waals surface area contributed by atoms with Crippen molar-refractivity contribution in [1.29, 1.82) is 0 Å². The smallest absolute Gasteiger partial charge is 0.238 e. The number of benzene rings is 2. The van der Waals surface area contributed by atoms with Crippen molar-refractivity contribution >= 4 is 41.9 Å². The maximum Gasteiger partial charge on any atom is 0.238 e. The first-order valence-electron chi connectivity index (χ1n) is 8.14. The van der Waals surface area contributed by atoms with Crippen molar-refractivity contribution in [2.75, 3.05) is 6.54 Å². The summed E-state index contributed by atoms with van der Waals surface area (Å²) in [7, 11) is -3.64. The van der Waals surface area contributed by atoms with Crippen LogP contribution in [0.5, 0.6) is 5.75 Å². The summed E-state index contributed by atoms with van der Waals surface area (Å²) in [6.45, 7) is 5.41.